The van der Waals surface area contributed by atoms with Gasteiger partial charge in [-0.3, -0.25) is 0 Å². The molecule has 1 aromatic carbocycles. The first-order chi connectivity index (χ1) is 18.2. The molecule has 9 nitrogen and oxygen atoms in total. The van der Waals surface area contributed by atoms with Crippen LogP contribution in [0.15, 0.2) is 12.1 Å². The van der Waals surface area contributed by atoms with E-state index in [1.165, 1.54) is 0 Å². The van der Waals surface area contributed by atoms with E-state index < -0.39 is 0 Å². The van der Waals surface area contributed by atoms with Crippen LogP contribution in [0, 0.1) is 6.92 Å². The largest absolute Gasteiger partial charge is 0.487 e. The van der Waals surface area contributed by atoms with E-state index in [4.69, 9.17) is 42.6 Å². The highest BCUT2D eigenvalue weighted by atomic mass is 16.6. The summed E-state index contributed by atoms with van der Waals surface area (Å²) >= 11 is 0. The Morgan fingerprint density at radius 1 is 0.405 bits per heavy atom. The molecule has 0 saturated heterocycles. The second-order valence-electron chi connectivity index (χ2n) is 8.31. The Morgan fingerprint density at radius 2 is 0.703 bits per heavy atom. The molecule has 0 N–H and O–H groups in total. The molecule has 0 saturated carbocycles. The minimum atomic E-state index is 0.361. The minimum absolute atomic E-state index is 0.361. The van der Waals surface area contributed by atoms with Crippen molar-refractivity contribution >= 4 is 0 Å². The van der Waals surface area contributed by atoms with Crippen LogP contribution in [0.25, 0.3) is 0 Å². The second kappa shape index (κ2) is 24.7. The fourth-order valence-corrected chi connectivity index (χ4v) is 3.09. The molecule has 0 spiro atoms. The Bertz CT molecular complexity index is 601. The average molecular weight is 531 g/mol. The Balaban J connectivity index is 2.57. The molecule has 0 heterocycles. The summed E-state index contributed by atoms with van der Waals surface area (Å²) in [4.78, 5) is 0. The molecule has 0 atom stereocenters. The molecule has 37 heavy (non-hydrogen) atoms. The lowest BCUT2D eigenvalue weighted by atomic mass is 10.2. The van der Waals surface area contributed by atoms with E-state index in [9.17, 15) is 0 Å². The summed E-state index contributed by atoms with van der Waals surface area (Å²) in [7, 11) is 0. The molecule has 1 aromatic rings. The van der Waals surface area contributed by atoms with Gasteiger partial charge in [-0.1, -0.05) is 20.8 Å². The van der Waals surface area contributed by atoms with Gasteiger partial charge < -0.3 is 42.6 Å². The molecule has 0 radical (unpaired) electrons. The highest BCUT2D eigenvalue weighted by Gasteiger charge is 2.15. The fourth-order valence-electron chi connectivity index (χ4n) is 3.09. The van der Waals surface area contributed by atoms with Crippen LogP contribution in [0.2, 0.25) is 0 Å². The van der Waals surface area contributed by atoms with E-state index in [0.717, 1.165) is 44.6 Å². The summed E-state index contributed by atoms with van der Waals surface area (Å²) in [6, 6.07) is 3.88. The van der Waals surface area contributed by atoms with Gasteiger partial charge in [-0.05, 0) is 43.9 Å². The molecule has 9 heteroatoms. The van der Waals surface area contributed by atoms with Crippen molar-refractivity contribution in [1.82, 2.24) is 0 Å². The SMILES string of the molecule is CCCOCCOCCOc1cc(C)cc(OCCOCCOCCC)c1OCCOCCOCCC. The lowest BCUT2D eigenvalue weighted by molar-refractivity contribution is 0.0311. The molecule has 0 bridgehead atoms. The van der Waals surface area contributed by atoms with Gasteiger partial charge in [-0.2, -0.15) is 0 Å². The number of hydrogen-bond acceptors (Lipinski definition) is 9. The first-order valence-corrected chi connectivity index (χ1v) is 13.7. The molecular formula is C28H50O9. The van der Waals surface area contributed by atoms with Crippen LogP contribution in [-0.4, -0.2) is 99.1 Å². The first-order valence-electron chi connectivity index (χ1n) is 13.7. The molecule has 216 valence electrons. The molecule has 0 aliphatic heterocycles. The monoisotopic (exact) mass is 530 g/mol. The summed E-state index contributed by atoms with van der Waals surface area (Å²) in [5.41, 5.74) is 1.00. The van der Waals surface area contributed by atoms with Gasteiger partial charge in [-0.25, -0.2) is 0 Å². The number of benzene rings is 1. The Morgan fingerprint density at radius 3 is 1.05 bits per heavy atom. The van der Waals surface area contributed by atoms with Gasteiger partial charge in [0.2, 0.25) is 5.75 Å². The molecule has 0 amide bonds. The maximum absolute atomic E-state index is 6.06. The zero-order valence-corrected chi connectivity index (χ0v) is 23.6. The number of aryl methyl sites for hydroxylation is 1. The van der Waals surface area contributed by atoms with Crippen molar-refractivity contribution in [1.29, 1.82) is 0 Å². The molecule has 0 aliphatic rings. The lowest BCUT2D eigenvalue weighted by Crippen LogP contribution is -2.15. The zero-order chi connectivity index (χ0) is 26.8. The van der Waals surface area contributed by atoms with Gasteiger partial charge in [0.1, 0.15) is 19.8 Å². The number of hydrogen-bond donors (Lipinski definition) is 0. The van der Waals surface area contributed by atoms with E-state index in [1.54, 1.807) is 0 Å². The van der Waals surface area contributed by atoms with Gasteiger partial charge in [0.25, 0.3) is 0 Å². The molecule has 0 aliphatic carbocycles. The third-order valence-electron chi connectivity index (χ3n) is 4.77. The van der Waals surface area contributed by atoms with Gasteiger partial charge >= 0.3 is 0 Å². The van der Waals surface area contributed by atoms with Crippen LogP contribution in [0.4, 0.5) is 0 Å². The number of ether oxygens (including phenoxy) is 9. The van der Waals surface area contributed by atoms with Crippen molar-refractivity contribution in [2.45, 2.75) is 47.0 Å². The summed E-state index contributed by atoms with van der Waals surface area (Å²) in [6.07, 6.45) is 3.00. The van der Waals surface area contributed by atoms with Crippen LogP contribution in [0.5, 0.6) is 17.2 Å². The van der Waals surface area contributed by atoms with Crippen molar-refractivity contribution in [2.75, 3.05) is 99.1 Å². The topological polar surface area (TPSA) is 83.1 Å². The highest BCUT2D eigenvalue weighted by molar-refractivity contribution is 5.53. The van der Waals surface area contributed by atoms with Crippen molar-refractivity contribution in [3.63, 3.8) is 0 Å². The smallest absolute Gasteiger partial charge is 0.203 e. The molecule has 0 fully saturated rings. The quantitative estimate of drug-likeness (QED) is 0.153. The Hall–Kier alpha value is -1.62. The third kappa shape index (κ3) is 18.3. The van der Waals surface area contributed by atoms with Crippen molar-refractivity contribution in [2.24, 2.45) is 0 Å². The lowest BCUT2D eigenvalue weighted by Gasteiger charge is -2.18. The summed E-state index contributed by atoms with van der Waals surface area (Å²) < 4.78 is 51.2. The maximum atomic E-state index is 6.06. The van der Waals surface area contributed by atoms with E-state index in [0.29, 0.717) is 96.5 Å². The Kier molecular flexibility index (Phi) is 22.3. The summed E-state index contributed by atoms with van der Waals surface area (Å²) in [5.74, 6) is 1.77. The van der Waals surface area contributed by atoms with Gasteiger partial charge in [0.05, 0.1) is 59.5 Å². The summed E-state index contributed by atoms with van der Waals surface area (Å²) in [5, 5.41) is 0. The summed E-state index contributed by atoms with van der Waals surface area (Å²) in [6.45, 7) is 16.3. The van der Waals surface area contributed by atoms with E-state index in [1.807, 2.05) is 19.1 Å². The fraction of sp³-hybridized carbons (Fsp3) is 0.786. The van der Waals surface area contributed by atoms with Crippen molar-refractivity contribution in [3.05, 3.63) is 17.7 Å². The second-order valence-corrected chi connectivity index (χ2v) is 8.31. The van der Waals surface area contributed by atoms with E-state index in [-0.39, 0.29) is 0 Å². The normalized spacial score (nSPS) is 11.1. The van der Waals surface area contributed by atoms with Crippen LogP contribution in [-0.2, 0) is 28.4 Å². The predicted molar refractivity (Wildman–Crippen MR) is 143 cm³/mol. The van der Waals surface area contributed by atoms with Gasteiger partial charge in [-0.15, -0.1) is 0 Å². The highest BCUT2D eigenvalue weighted by Crippen LogP contribution is 2.39. The predicted octanol–water partition coefficient (Wildman–Crippen LogP) is 4.46. The van der Waals surface area contributed by atoms with Crippen molar-refractivity contribution < 1.29 is 42.6 Å². The first kappa shape index (κ1) is 33.4. The van der Waals surface area contributed by atoms with Gasteiger partial charge in [0, 0.05) is 19.8 Å². The molecule has 1 rings (SSSR count). The molecule has 0 unspecified atom stereocenters. The molecular weight excluding hydrogens is 480 g/mol. The maximum Gasteiger partial charge on any atom is 0.203 e. The van der Waals surface area contributed by atoms with Crippen LogP contribution < -0.4 is 14.2 Å². The number of rotatable bonds is 27. The average Bonchev–Trinajstić information content (AvgIpc) is 2.89. The molecule has 0 aromatic heterocycles. The van der Waals surface area contributed by atoms with Crippen LogP contribution >= 0.6 is 0 Å². The van der Waals surface area contributed by atoms with Gasteiger partial charge in [0.15, 0.2) is 11.5 Å². The van der Waals surface area contributed by atoms with Crippen LogP contribution in [0.3, 0.4) is 0 Å². The zero-order valence-electron chi connectivity index (χ0n) is 23.6. The Labute approximate surface area is 223 Å². The standard InChI is InChI=1S/C28H50O9/c1-5-8-29-11-14-32-17-20-35-26-23-25(4)24-27(36-21-18-33-15-12-30-9-6-2)28(26)37-22-19-34-16-13-31-10-7-3/h23-24H,5-22H2,1-4H3. The van der Waals surface area contributed by atoms with E-state index >= 15 is 0 Å². The van der Waals surface area contributed by atoms with Crippen LogP contribution in [0.1, 0.15) is 45.6 Å². The minimum Gasteiger partial charge on any atom is -0.487 e. The third-order valence-corrected chi connectivity index (χ3v) is 4.77. The van der Waals surface area contributed by atoms with E-state index in [2.05, 4.69) is 20.8 Å². The van der Waals surface area contributed by atoms with Crippen molar-refractivity contribution in [3.8, 4) is 17.2 Å².